The van der Waals surface area contributed by atoms with Gasteiger partial charge in [-0.05, 0) is 0 Å². The number of hydrogen-bond donors (Lipinski definition) is 0. The summed E-state index contributed by atoms with van der Waals surface area (Å²) in [7, 11) is 0. The van der Waals surface area contributed by atoms with E-state index in [1.54, 1.807) is 33.4 Å². The molecule has 0 aromatic rings. The van der Waals surface area contributed by atoms with E-state index in [1.807, 2.05) is 2.71 Å². The van der Waals surface area contributed by atoms with Gasteiger partial charge < -0.3 is 0 Å². The third-order valence-corrected chi connectivity index (χ3v) is 17.1. The van der Waals surface area contributed by atoms with Crippen LogP contribution in [-0.4, -0.2) is 0 Å². The summed E-state index contributed by atoms with van der Waals surface area (Å²) in [6.07, 6.45) is 2.50. The zero-order valence-electron chi connectivity index (χ0n) is 17.7. The minimum atomic E-state index is -1.20. The molecule has 2 unspecified atom stereocenters. The van der Waals surface area contributed by atoms with Crippen molar-refractivity contribution in [3.63, 3.8) is 0 Å². The van der Waals surface area contributed by atoms with Gasteiger partial charge in [-0.15, -0.1) is 24.8 Å². The van der Waals surface area contributed by atoms with E-state index in [0.29, 0.717) is 10.8 Å². The van der Waals surface area contributed by atoms with Crippen molar-refractivity contribution >= 4 is 24.8 Å². The molecule has 0 radical (unpaired) electrons. The molecule has 0 aromatic carbocycles. The van der Waals surface area contributed by atoms with Crippen molar-refractivity contribution in [2.45, 2.75) is 82.1 Å². The van der Waals surface area contributed by atoms with Crippen LogP contribution in [0.3, 0.4) is 0 Å². The van der Waals surface area contributed by atoms with Gasteiger partial charge in [-0.25, -0.2) is 0 Å². The molecule has 0 amide bonds. The minimum absolute atomic E-state index is 0. The van der Waals surface area contributed by atoms with E-state index in [2.05, 4.69) is 69.2 Å². The summed E-state index contributed by atoms with van der Waals surface area (Å²) in [6.45, 7) is 24.0. The van der Waals surface area contributed by atoms with Gasteiger partial charge in [0.15, 0.2) is 0 Å². The Labute approximate surface area is 188 Å². The van der Waals surface area contributed by atoms with Crippen molar-refractivity contribution in [1.29, 1.82) is 0 Å². The zero-order chi connectivity index (χ0) is 17.7. The molecule has 3 heteroatoms. The monoisotopic (exact) mass is 602 g/mol. The molecule has 0 heterocycles. The van der Waals surface area contributed by atoms with Gasteiger partial charge in [-0.2, -0.15) is 0 Å². The maximum absolute atomic E-state index is 2.51. The number of hydrogen-bond acceptors (Lipinski definition) is 0. The predicted octanol–water partition coefficient (Wildman–Crippen LogP) is 8.00. The summed E-state index contributed by atoms with van der Waals surface area (Å²) in [5.41, 5.74) is 10.4. The molecule has 0 aromatic heterocycles. The van der Waals surface area contributed by atoms with E-state index in [9.17, 15) is 0 Å². The maximum Gasteiger partial charge on any atom is -0.147 e. The first-order valence-corrected chi connectivity index (χ1v) is 13.2. The summed E-state index contributed by atoms with van der Waals surface area (Å²) in [5, 5.41) is 0. The van der Waals surface area contributed by atoms with Crippen molar-refractivity contribution in [1.82, 2.24) is 0 Å². The van der Waals surface area contributed by atoms with Crippen LogP contribution in [0.15, 0.2) is 36.1 Å². The first kappa shape index (κ1) is 25.9. The zero-order valence-corrected chi connectivity index (χ0v) is 23.5. The largest absolute Gasteiger partial charge is 0.147 e. The molecule has 142 valence electrons. The average Bonchev–Trinajstić information content (AvgIpc) is 2.81. The third kappa shape index (κ3) is 3.75. The Balaban J connectivity index is 0.00000288. The van der Waals surface area contributed by atoms with Crippen LogP contribution in [0.4, 0.5) is 0 Å². The molecule has 2 aliphatic carbocycles. The van der Waals surface area contributed by atoms with Crippen molar-refractivity contribution < 1.29 is 35.9 Å². The van der Waals surface area contributed by atoms with E-state index < -0.39 is 35.9 Å². The fourth-order valence-corrected chi connectivity index (χ4v) is 13.8. The van der Waals surface area contributed by atoms with Crippen LogP contribution in [0, 0.1) is 46.7 Å². The second-order valence-corrected chi connectivity index (χ2v) is 13.1. The van der Waals surface area contributed by atoms with Gasteiger partial charge in [0.2, 0.25) is 0 Å². The average molecular weight is 603 g/mol. The maximum atomic E-state index is 2.51. The molecule has 0 saturated carbocycles. The van der Waals surface area contributed by atoms with Crippen LogP contribution in [-0.2, 0) is 0 Å². The van der Waals surface area contributed by atoms with Gasteiger partial charge in [-0.1, -0.05) is 0 Å². The normalized spacial score (nSPS) is 29.2. The van der Waals surface area contributed by atoms with Gasteiger partial charge in [0.1, 0.15) is 0 Å². The summed E-state index contributed by atoms with van der Waals surface area (Å²) in [6, 6.07) is 0. The molecule has 0 saturated heterocycles. The van der Waals surface area contributed by atoms with E-state index in [0.717, 1.165) is 0 Å². The minimum Gasteiger partial charge on any atom is -0.147 e. The molecule has 2 aliphatic rings. The molecular formula is C22H36Cl2Th. The van der Waals surface area contributed by atoms with Gasteiger partial charge in [0, 0.05) is 0 Å². The topological polar surface area (TPSA) is 0 Å². The van der Waals surface area contributed by atoms with Crippen LogP contribution in [0.1, 0.15) is 82.1 Å². The first-order chi connectivity index (χ1) is 10.6. The summed E-state index contributed by atoms with van der Waals surface area (Å²) in [4.78, 5) is 0. The second kappa shape index (κ2) is 8.91. The van der Waals surface area contributed by atoms with E-state index in [1.165, 1.54) is 12.8 Å². The SMILES string of the molecule is CCC1(C)C(C)=C(C)C(C)=[C]1[Th][C]1=C(C)C(C)=C(C)C1(C)CC.Cl.Cl. The Morgan fingerprint density at radius 3 is 1.12 bits per heavy atom. The Morgan fingerprint density at radius 2 is 0.880 bits per heavy atom. The van der Waals surface area contributed by atoms with Crippen molar-refractivity contribution in [3.05, 3.63) is 36.1 Å². The van der Waals surface area contributed by atoms with E-state index in [-0.39, 0.29) is 24.8 Å². The smallest absolute Gasteiger partial charge is 0.147 e. The molecule has 2 rings (SSSR count). The predicted molar refractivity (Wildman–Crippen MR) is 113 cm³/mol. The van der Waals surface area contributed by atoms with Crippen LogP contribution >= 0.6 is 24.8 Å². The van der Waals surface area contributed by atoms with E-state index >= 15 is 0 Å². The molecule has 0 nitrogen and oxygen atoms in total. The third-order valence-electron chi connectivity index (χ3n) is 7.42. The van der Waals surface area contributed by atoms with Crippen LogP contribution in [0.5, 0.6) is 0 Å². The van der Waals surface area contributed by atoms with Gasteiger partial charge in [0.25, 0.3) is 0 Å². The quantitative estimate of drug-likeness (QED) is 0.306. The molecule has 0 bridgehead atoms. The van der Waals surface area contributed by atoms with Crippen LogP contribution in [0.2, 0.25) is 0 Å². The summed E-state index contributed by atoms with van der Waals surface area (Å²) in [5.74, 6) is 0. The Kier molecular flexibility index (Phi) is 9.22. The van der Waals surface area contributed by atoms with Crippen LogP contribution < -0.4 is 0 Å². The number of allylic oxidation sites excluding steroid dienone is 8. The van der Waals surface area contributed by atoms with E-state index in [4.69, 9.17) is 0 Å². The molecule has 0 spiro atoms. The fraction of sp³-hybridized carbons (Fsp3) is 0.636. The standard InChI is InChI=1S/2C11H17.2ClH.Th/c2*1-6-11(5)7-8(2)9(3)10(11)4;;;/h2*6H2,1-5H3;2*1H;. The Morgan fingerprint density at radius 1 is 0.600 bits per heavy atom. The van der Waals surface area contributed by atoms with Crippen molar-refractivity contribution in [2.75, 3.05) is 0 Å². The molecule has 0 aliphatic heterocycles. The van der Waals surface area contributed by atoms with Gasteiger partial charge in [-0.3, -0.25) is 0 Å². The Bertz CT molecular complexity index is 620. The van der Waals surface area contributed by atoms with Gasteiger partial charge in [0.05, 0.1) is 0 Å². The van der Waals surface area contributed by atoms with Gasteiger partial charge >= 0.3 is 165 Å². The molecule has 2 atom stereocenters. The molecule has 0 N–H and O–H groups in total. The fourth-order valence-electron chi connectivity index (χ4n) is 4.44. The number of halogens is 2. The number of rotatable bonds is 4. The second-order valence-electron chi connectivity index (χ2n) is 8.00. The molecular weight excluding hydrogens is 567 g/mol. The van der Waals surface area contributed by atoms with Crippen LogP contribution in [0.25, 0.3) is 0 Å². The summed E-state index contributed by atoms with van der Waals surface area (Å²) < 4.78 is 3.76. The Hall–Kier alpha value is 0.865. The van der Waals surface area contributed by atoms with Crippen molar-refractivity contribution in [2.24, 2.45) is 10.8 Å². The molecule has 0 fully saturated rings. The molecule has 25 heavy (non-hydrogen) atoms. The van der Waals surface area contributed by atoms with Crippen molar-refractivity contribution in [3.8, 4) is 0 Å². The first-order valence-electron chi connectivity index (χ1n) is 9.12. The summed E-state index contributed by atoms with van der Waals surface area (Å²) >= 11 is -1.20.